The Morgan fingerprint density at radius 1 is 0.700 bits per heavy atom. The lowest BCUT2D eigenvalue weighted by molar-refractivity contribution is -0.121. The van der Waals surface area contributed by atoms with Gasteiger partial charge in [0.1, 0.15) is 24.4 Å². The van der Waals surface area contributed by atoms with Crippen LogP contribution in [0.2, 0.25) is 0 Å². The van der Waals surface area contributed by atoms with Crippen molar-refractivity contribution in [3.8, 4) is 0 Å². The van der Waals surface area contributed by atoms with Gasteiger partial charge in [0.05, 0.1) is 0 Å². The summed E-state index contributed by atoms with van der Waals surface area (Å²) in [6.07, 6.45) is -0.860. The maximum atomic E-state index is 12.3. The maximum Gasteiger partial charge on any atom is 0.196 e. The first kappa shape index (κ1) is 11.8. The van der Waals surface area contributed by atoms with Crippen molar-refractivity contribution in [3.05, 3.63) is 71.8 Å². The smallest absolute Gasteiger partial charge is 0.196 e. The van der Waals surface area contributed by atoms with Crippen molar-refractivity contribution in [2.24, 2.45) is 0 Å². The summed E-state index contributed by atoms with van der Waals surface area (Å²) in [4.78, 5) is 12.3. The Hall–Kier alpha value is -1.97. The van der Waals surface area contributed by atoms with Crippen molar-refractivity contribution in [2.75, 3.05) is 0 Å². The molecule has 100 valence electrons. The van der Waals surface area contributed by atoms with Crippen molar-refractivity contribution in [3.63, 3.8) is 0 Å². The summed E-state index contributed by atoms with van der Waals surface area (Å²) in [7, 11) is 0. The molecule has 2 aromatic carbocycles. The van der Waals surface area contributed by atoms with E-state index < -0.39 is 0 Å². The standard InChI is InChI=1S/C17H14O3/c18-13(16-14(19-16)11-7-3-1-4-8-11)17-15(20-17)12-9-5-2-6-10-12/h1-10,14-17H/t14-,15-,16+,17+/m0/s1. The first-order chi connectivity index (χ1) is 9.84. The minimum atomic E-state index is -0.337. The van der Waals surface area contributed by atoms with Crippen molar-refractivity contribution in [1.29, 1.82) is 0 Å². The van der Waals surface area contributed by atoms with Gasteiger partial charge in [-0.05, 0) is 11.1 Å². The molecule has 0 spiro atoms. The molecule has 4 rings (SSSR count). The van der Waals surface area contributed by atoms with E-state index >= 15 is 0 Å². The quantitative estimate of drug-likeness (QED) is 0.799. The van der Waals surface area contributed by atoms with Crippen LogP contribution in [-0.2, 0) is 14.3 Å². The van der Waals surface area contributed by atoms with E-state index in [9.17, 15) is 4.79 Å². The van der Waals surface area contributed by atoms with Gasteiger partial charge in [0.25, 0.3) is 0 Å². The van der Waals surface area contributed by atoms with Crippen LogP contribution in [0.15, 0.2) is 60.7 Å². The second kappa shape index (κ2) is 4.54. The minimum Gasteiger partial charge on any atom is -0.356 e. The van der Waals surface area contributed by atoms with Gasteiger partial charge >= 0.3 is 0 Å². The molecule has 0 aromatic heterocycles. The molecule has 2 heterocycles. The number of rotatable bonds is 4. The highest BCUT2D eigenvalue weighted by Crippen LogP contribution is 2.46. The van der Waals surface area contributed by atoms with Crippen molar-refractivity contribution >= 4 is 5.78 Å². The van der Waals surface area contributed by atoms with Gasteiger partial charge in [-0.2, -0.15) is 0 Å². The molecule has 2 aliphatic rings. The monoisotopic (exact) mass is 266 g/mol. The first-order valence-corrected chi connectivity index (χ1v) is 6.79. The zero-order valence-corrected chi connectivity index (χ0v) is 10.8. The van der Waals surface area contributed by atoms with E-state index in [0.29, 0.717) is 0 Å². The van der Waals surface area contributed by atoms with E-state index in [4.69, 9.17) is 9.47 Å². The van der Waals surface area contributed by atoms with Gasteiger partial charge in [-0.1, -0.05) is 60.7 Å². The fourth-order valence-electron chi connectivity index (χ4n) is 2.61. The molecule has 3 nitrogen and oxygen atoms in total. The molecule has 2 aromatic rings. The van der Waals surface area contributed by atoms with E-state index in [-0.39, 0.29) is 30.2 Å². The summed E-state index contributed by atoms with van der Waals surface area (Å²) < 4.78 is 11.0. The van der Waals surface area contributed by atoms with Crippen LogP contribution in [0.1, 0.15) is 23.3 Å². The van der Waals surface area contributed by atoms with Crippen LogP contribution in [-0.4, -0.2) is 18.0 Å². The van der Waals surface area contributed by atoms with Crippen molar-refractivity contribution < 1.29 is 14.3 Å². The number of epoxide rings is 2. The summed E-state index contributed by atoms with van der Waals surface area (Å²) in [5.41, 5.74) is 2.12. The first-order valence-electron chi connectivity index (χ1n) is 6.79. The number of hydrogen-bond acceptors (Lipinski definition) is 3. The van der Waals surface area contributed by atoms with Gasteiger partial charge in [0.15, 0.2) is 5.78 Å². The molecule has 0 unspecified atom stereocenters. The second-order valence-corrected chi connectivity index (χ2v) is 5.18. The molecule has 0 aliphatic carbocycles. The Morgan fingerprint density at radius 2 is 1.10 bits per heavy atom. The number of hydrogen-bond donors (Lipinski definition) is 0. The SMILES string of the molecule is O=C([C@H]1O[C@H]1c1ccccc1)[C@H]1O[C@H]1c1ccccc1. The van der Waals surface area contributed by atoms with Crippen LogP contribution < -0.4 is 0 Å². The summed E-state index contributed by atoms with van der Waals surface area (Å²) in [5, 5.41) is 0. The van der Waals surface area contributed by atoms with E-state index in [1.54, 1.807) is 0 Å². The van der Waals surface area contributed by atoms with Crippen LogP contribution >= 0.6 is 0 Å². The average molecular weight is 266 g/mol. The van der Waals surface area contributed by atoms with E-state index in [2.05, 4.69) is 0 Å². The third-order valence-corrected chi connectivity index (χ3v) is 3.80. The Bertz CT molecular complexity index is 568. The lowest BCUT2D eigenvalue weighted by Crippen LogP contribution is -2.15. The maximum absolute atomic E-state index is 12.3. The lowest BCUT2D eigenvalue weighted by Gasteiger charge is -1.95. The number of ketones is 1. The molecule has 2 aliphatic heterocycles. The molecule has 0 amide bonds. The lowest BCUT2D eigenvalue weighted by atomic mass is 10.0. The molecule has 0 radical (unpaired) electrons. The molecule has 2 saturated heterocycles. The van der Waals surface area contributed by atoms with Gasteiger partial charge < -0.3 is 9.47 Å². The average Bonchev–Trinajstić information content (AvgIpc) is 3.40. The molecule has 2 fully saturated rings. The van der Waals surface area contributed by atoms with Crippen LogP contribution in [0.3, 0.4) is 0 Å². The minimum absolute atomic E-state index is 0.0627. The highest BCUT2D eigenvalue weighted by atomic mass is 16.6. The van der Waals surface area contributed by atoms with Gasteiger partial charge in [-0.15, -0.1) is 0 Å². The molecule has 0 bridgehead atoms. The van der Waals surface area contributed by atoms with Crippen LogP contribution in [0.25, 0.3) is 0 Å². The predicted octanol–water partition coefficient (Wildman–Crippen LogP) is 2.84. The number of carbonyl (C=O) groups excluding carboxylic acids is 1. The van der Waals surface area contributed by atoms with E-state index in [0.717, 1.165) is 11.1 Å². The van der Waals surface area contributed by atoms with Gasteiger partial charge in [-0.3, -0.25) is 4.79 Å². The zero-order chi connectivity index (χ0) is 13.5. The number of carbonyl (C=O) groups is 1. The zero-order valence-electron chi connectivity index (χ0n) is 10.8. The molecule has 3 heteroatoms. The molecule has 0 N–H and O–H groups in total. The number of Topliss-reactive ketones (excluding diaryl/α,β-unsaturated/α-hetero) is 1. The Labute approximate surface area is 117 Å². The largest absolute Gasteiger partial charge is 0.356 e. The van der Waals surface area contributed by atoms with Crippen molar-refractivity contribution in [2.45, 2.75) is 24.4 Å². The number of benzene rings is 2. The summed E-state index contributed by atoms with van der Waals surface area (Å²) in [6.45, 7) is 0. The summed E-state index contributed by atoms with van der Waals surface area (Å²) >= 11 is 0. The Kier molecular flexibility index (Phi) is 2.69. The van der Waals surface area contributed by atoms with Gasteiger partial charge in [-0.25, -0.2) is 0 Å². The number of ether oxygens (including phenoxy) is 2. The highest BCUT2D eigenvalue weighted by Gasteiger charge is 2.56. The Morgan fingerprint density at radius 3 is 1.50 bits per heavy atom. The molecule has 0 saturated carbocycles. The van der Waals surface area contributed by atoms with E-state index in [1.165, 1.54) is 0 Å². The molecular formula is C17H14O3. The third-order valence-electron chi connectivity index (χ3n) is 3.80. The predicted molar refractivity (Wildman–Crippen MR) is 73.1 cm³/mol. The highest BCUT2D eigenvalue weighted by molar-refractivity contribution is 5.92. The van der Waals surface area contributed by atoms with Crippen LogP contribution in [0, 0.1) is 0 Å². The van der Waals surface area contributed by atoms with Crippen molar-refractivity contribution in [1.82, 2.24) is 0 Å². The summed E-state index contributed by atoms with van der Waals surface area (Å²) in [5.74, 6) is 0.0627. The van der Waals surface area contributed by atoms with E-state index in [1.807, 2.05) is 60.7 Å². The fraction of sp³-hybridized carbons (Fsp3) is 0.235. The molecule has 4 atom stereocenters. The second-order valence-electron chi connectivity index (χ2n) is 5.18. The van der Waals surface area contributed by atoms with Crippen LogP contribution in [0.4, 0.5) is 0 Å². The van der Waals surface area contributed by atoms with Gasteiger partial charge in [0.2, 0.25) is 0 Å². The normalized spacial score (nSPS) is 30.8. The third kappa shape index (κ3) is 2.05. The Balaban J connectivity index is 1.42. The van der Waals surface area contributed by atoms with Crippen LogP contribution in [0.5, 0.6) is 0 Å². The molecule has 20 heavy (non-hydrogen) atoms. The molecular weight excluding hydrogens is 252 g/mol. The van der Waals surface area contributed by atoms with Gasteiger partial charge in [0, 0.05) is 0 Å². The fourth-order valence-corrected chi connectivity index (χ4v) is 2.61. The topological polar surface area (TPSA) is 42.1 Å². The summed E-state index contributed by atoms with van der Waals surface area (Å²) in [6, 6.07) is 19.7.